The highest BCUT2D eigenvalue weighted by Gasteiger charge is 2.16. The number of aromatic nitrogens is 2. The van der Waals surface area contributed by atoms with Gasteiger partial charge in [-0.3, -0.25) is 0 Å². The monoisotopic (exact) mass is 383 g/mol. The lowest BCUT2D eigenvalue weighted by atomic mass is 10.3. The van der Waals surface area contributed by atoms with E-state index in [1.165, 1.54) is 30.5 Å². The molecule has 8 nitrogen and oxygen atoms in total. The third kappa shape index (κ3) is 5.02. The van der Waals surface area contributed by atoms with E-state index in [9.17, 15) is 13.2 Å². The third-order valence-electron chi connectivity index (χ3n) is 3.47. The van der Waals surface area contributed by atoms with E-state index in [1.807, 2.05) is 6.07 Å². The first-order valence-corrected chi connectivity index (χ1v) is 9.46. The van der Waals surface area contributed by atoms with Gasteiger partial charge in [0.15, 0.2) is 0 Å². The molecule has 0 bridgehead atoms. The van der Waals surface area contributed by atoms with Crippen LogP contribution in [0.1, 0.15) is 5.69 Å². The van der Waals surface area contributed by atoms with Crippen molar-refractivity contribution >= 4 is 33.4 Å². The molecule has 0 aliphatic rings. The van der Waals surface area contributed by atoms with Crippen LogP contribution in [0.2, 0.25) is 0 Å². The number of hydrogen-bond acceptors (Lipinski definition) is 5. The SMILES string of the molecule is Cc1ccnc(NS(=O)(=O)c2ccc(NC(=O)Nc3ccccc3)cc2)n1. The van der Waals surface area contributed by atoms with Crippen LogP contribution in [0.15, 0.2) is 71.8 Å². The number of nitrogens with one attached hydrogen (secondary N) is 3. The summed E-state index contributed by atoms with van der Waals surface area (Å²) >= 11 is 0. The molecule has 0 radical (unpaired) electrons. The van der Waals surface area contributed by atoms with Gasteiger partial charge in [0.1, 0.15) is 0 Å². The quantitative estimate of drug-likeness (QED) is 0.626. The molecule has 3 rings (SSSR count). The van der Waals surface area contributed by atoms with Gasteiger partial charge in [-0.1, -0.05) is 18.2 Å². The van der Waals surface area contributed by atoms with Crippen molar-refractivity contribution in [3.8, 4) is 0 Å². The summed E-state index contributed by atoms with van der Waals surface area (Å²) < 4.78 is 27.1. The zero-order chi connectivity index (χ0) is 19.3. The maximum Gasteiger partial charge on any atom is 0.323 e. The topological polar surface area (TPSA) is 113 Å². The molecule has 1 aromatic heterocycles. The minimum Gasteiger partial charge on any atom is -0.308 e. The molecule has 3 aromatic rings. The molecule has 9 heteroatoms. The van der Waals surface area contributed by atoms with Crippen LogP contribution in [0.5, 0.6) is 0 Å². The average molecular weight is 383 g/mol. The number of aryl methyl sites for hydroxylation is 1. The summed E-state index contributed by atoms with van der Waals surface area (Å²) in [5.74, 6) is -0.000518. The van der Waals surface area contributed by atoms with Gasteiger partial charge in [-0.25, -0.2) is 27.9 Å². The first kappa shape index (κ1) is 18.3. The lowest BCUT2D eigenvalue weighted by molar-refractivity contribution is 0.262. The molecule has 0 unspecified atom stereocenters. The number of hydrogen-bond donors (Lipinski definition) is 3. The van der Waals surface area contributed by atoms with Crippen molar-refractivity contribution in [3.63, 3.8) is 0 Å². The molecule has 138 valence electrons. The Bertz CT molecular complexity index is 1040. The first-order chi connectivity index (χ1) is 12.9. The van der Waals surface area contributed by atoms with Crippen molar-refractivity contribution < 1.29 is 13.2 Å². The average Bonchev–Trinajstić information content (AvgIpc) is 2.62. The molecular formula is C18H17N5O3S. The molecule has 0 saturated heterocycles. The van der Waals surface area contributed by atoms with Gasteiger partial charge in [-0.2, -0.15) is 0 Å². The zero-order valence-electron chi connectivity index (χ0n) is 14.4. The Morgan fingerprint density at radius 1 is 0.889 bits per heavy atom. The molecule has 2 amide bonds. The molecule has 27 heavy (non-hydrogen) atoms. The van der Waals surface area contributed by atoms with E-state index in [4.69, 9.17) is 0 Å². The van der Waals surface area contributed by atoms with Gasteiger partial charge in [-0.15, -0.1) is 0 Å². The van der Waals surface area contributed by atoms with Crippen LogP contribution in [0.4, 0.5) is 22.1 Å². The van der Waals surface area contributed by atoms with E-state index in [2.05, 4.69) is 25.3 Å². The number of rotatable bonds is 5. The van der Waals surface area contributed by atoms with Gasteiger partial charge in [0.05, 0.1) is 4.90 Å². The minimum atomic E-state index is -3.83. The maximum absolute atomic E-state index is 12.4. The van der Waals surface area contributed by atoms with Crippen LogP contribution < -0.4 is 15.4 Å². The van der Waals surface area contributed by atoms with Crippen molar-refractivity contribution in [3.05, 3.63) is 72.6 Å². The second kappa shape index (κ2) is 7.83. The number of sulfonamides is 1. The van der Waals surface area contributed by atoms with Gasteiger partial charge in [0.25, 0.3) is 10.0 Å². The van der Waals surface area contributed by atoms with Crippen LogP contribution in [0.3, 0.4) is 0 Å². The fourth-order valence-corrected chi connectivity index (χ4v) is 3.16. The highest BCUT2D eigenvalue weighted by atomic mass is 32.2. The molecule has 1 heterocycles. The Morgan fingerprint density at radius 2 is 1.52 bits per heavy atom. The number of nitrogens with zero attached hydrogens (tertiary/aromatic N) is 2. The summed E-state index contributed by atoms with van der Waals surface area (Å²) in [6, 6.07) is 16.0. The van der Waals surface area contributed by atoms with Crippen molar-refractivity contribution in [2.24, 2.45) is 0 Å². The predicted molar refractivity (Wildman–Crippen MR) is 103 cm³/mol. The van der Waals surface area contributed by atoms with Crippen molar-refractivity contribution in [1.82, 2.24) is 9.97 Å². The van der Waals surface area contributed by atoms with E-state index in [-0.39, 0.29) is 10.8 Å². The highest BCUT2D eigenvalue weighted by molar-refractivity contribution is 7.92. The second-order valence-corrected chi connectivity index (χ2v) is 7.28. The lowest BCUT2D eigenvalue weighted by Crippen LogP contribution is -2.19. The van der Waals surface area contributed by atoms with E-state index < -0.39 is 16.1 Å². The Hall–Kier alpha value is -3.46. The molecule has 0 fully saturated rings. The smallest absolute Gasteiger partial charge is 0.308 e. The number of para-hydroxylation sites is 1. The van der Waals surface area contributed by atoms with Crippen molar-refractivity contribution in [1.29, 1.82) is 0 Å². The predicted octanol–water partition coefficient (Wildman–Crippen LogP) is 3.23. The first-order valence-electron chi connectivity index (χ1n) is 7.98. The minimum absolute atomic E-state index is 0.000518. The van der Waals surface area contributed by atoms with Gasteiger partial charge in [0, 0.05) is 23.3 Å². The van der Waals surface area contributed by atoms with Crippen LogP contribution in [-0.2, 0) is 10.0 Å². The largest absolute Gasteiger partial charge is 0.323 e. The van der Waals surface area contributed by atoms with E-state index in [1.54, 1.807) is 37.3 Å². The van der Waals surface area contributed by atoms with Crippen LogP contribution in [0, 0.1) is 6.92 Å². The molecule has 0 spiro atoms. The third-order valence-corrected chi connectivity index (χ3v) is 4.82. The summed E-state index contributed by atoms with van der Waals surface area (Å²) in [6.45, 7) is 1.74. The molecule has 0 saturated carbocycles. The van der Waals surface area contributed by atoms with E-state index >= 15 is 0 Å². The Balaban J connectivity index is 1.66. The Kier molecular flexibility index (Phi) is 5.32. The number of amides is 2. The summed E-state index contributed by atoms with van der Waals surface area (Å²) in [6.07, 6.45) is 1.47. The molecule has 0 aliphatic heterocycles. The van der Waals surface area contributed by atoms with Gasteiger partial charge in [-0.05, 0) is 49.4 Å². The summed E-state index contributed by atoms with van der Waals surface area (Å²) in [4.78, 5) is 19.9. The normalized spacial score (nSPS) is 10.9. The van der Waals surface area contributed by atoms with Crippen LogP contribution in [0.25, 0.3) is 0 Å². The molecule has 3 N–H and O–H groups in total. The number of carbonyl (C=O) groups excluding carboxylic acids is 1. The Morgan fingerprint density at radius 3 is 2.15 bits per heavy atom. The number of benzene rings is 2. The van der Waals surface area contributed by atoms with Crippen LogP contribution in [-0.4, -0.2) is 24.4 Å². The highest BCUT2D eigenvalue weighted by Crippen LogP contribution is 2.17. The van der Waals surface area contributed by atoms with Crippen molar-refractivity contribution in [2.75, 3.05) is 15.4 Å². The zero-order valence-corrected chi connectivity index (χ0v) is 15.2. The standard InChI is InChI=1S/C18H17N5O3S/c1-13-11-12-19-17(20-13)23-27(25,26)16-9-7-15(8-10-16)22-18(24)21-14-5-3-2-4-6-14/h2-12H,1H3,(H,19,20,23)(H2,21,22,24). The summed E-state index contributed by atoms with van der Waals surface area (Å²) in [7, 11) is -3.83. The fourth-order valence-electron chi connectivity index (χ4n) is 2.21. The van der Waals surface area contributed by atoms with E-state index in [0.29, 0.717) is 17.1 Å². The van der Waals surface area contributed by atoms with Gasteiger partial charge < -0.3 is 10.6 Å². The number of anilines is 3. The van der Waals surface area contributed by atoms with Gasteiger partial charge >= 0.3 is 6.03 Å². The summed E-state index contributed by atoms with van der Waals surface area (Å²) in [5.41, 5.74) is 1.75. The molecule has 0 aliphatic carbocycles. The fraction of sp³-hybridized carbons (Fsp3) is 0.0556. The lowest BCUT2D eigenvalue weighted by Gasteiger charge is -2.09. The molecule has 0 atom stereocenters. The molecular weight excluding hydrogens is 366 g/mol. The van der Waals surface area contributed by atoms with Crippen LogP contribution >= 0.6 is 0 Å². The van der Waals surface area contributed by atoms with Crippen molar-refractivity contribution in [2.45, 2.75) is 11.8 Å². The molecule has 2 aromatic carbocycles. The van der Waals surface area contributed by atoms with Gasteiger partial charge in [0.2, 0.25) is 5.95 Å². The number of carbonyl (C=O) groups is 1. The summed E-state index contributed by atoms with van der Waals surface area (Å²) in [5, 5.41) is 5.31. The second-order valence-electron chi connectivity index (χ2n) is 5.60. The Labute approximate surface area is 156 Å². The van der Waals surface area contributed by atoms with E-state index in [0.717, 1.165) is 0 Å². The maximum atomic E-state index is 12.4. The number of urea groups is 1.